The Labute approximate surface area is 162 Å². The van der Waals surface area contributed by atoms with Gasteiger partial charge in [-0.25, -0.2) is 0 Å². The van der Waals surface area contributed by atoms with E-state index in [1.54, 1.807) is 6.07 Å². The Morgan fingerprint density at radius 2 is 1.73 bits per heavy atom. The molecule has 1 aliphatic rings. The van der Waals surface area contributed by atoms with Crippen molar-refractivity contribution in [3.8, 4) is 0 Å². The van der Waals surface area contributed by atoms with Gasteiger partial charge in [-0.15, -0.1) is 0 Å². The number of carbonyl (C=O) groups excluding carboxylic acids is 2. The van der Waals surface area contributed by atoms with Crippen LogP contribution in [0.3, 0.4) is 0 Å². The van der Waals surface area contributed by atoms with Crippen molar-refractivity contribution >= 4 is 27.7 Å². The van der Waals surface area contributed by atoms with Crippen molar-refractivity contribution in [2.24, 2.45) is 0 Å². The Morgan fingerprint density at radius 1 is 1.04 bits per heavy atom. The number of hydrogen-bond donors (Lipinski definition) is 1. The van der Waals surface area contributed by atoms with Crippen LogP contribution in [0.15, 0.2) is 46.9 Å². The fourth-order valence-electron chi connectivity index (χ4n) is 3.19. The van der Waals surface area contributed by atoms with Crippen LogP contribution in [0.4, 0.5) is 0 Å². The summed E-state index contributed by atoms with van der Waals surface area (Å²) in [5, 5.41) is 3.08. The summed E-state index contributed by atoms with van der Waals surface area (Å²) in [6.07, 6.45) is 1.54. The molecule has 0 radical (unpaired) electrons. The molecular weight excluding hydrogens is 392 g/mol. The Morgan fingerprint density at radius 3 is 2.38 bits per heavy atom. The third-order valence-electron chi connectivity index (χ3n) is 4.99. The Hall–Kier alpha value is -2.14. The zero-order valence-electron chi connectivity index (χ0n) is 15.1. The molecule has 1 saturated heterocycles. The van der Waals surface area contributed by atoms with Crippen LogP contribution in [0, 0.1) is 13.8 Å². The minimum Gasteiger partial charge on any atom is -0.349 e. The number of halogens is 1. The average Bonchev–Trinajstić information content (AvgIpc) is 2.64. The predicted octanol–water partition coefficient (Wildman–Crippen LogP) is 4.10. The van der Waals surface area contributed by atoms with Gasteiger partial charge in [-0.1, -0.05) is 18.2 Å². The first-order chi connectivity index (χ1) is 12.5. The summed E-state index contributed by atoms with van der Waals surface area (Å²) in [5.41, 5.74) is 3.70. The van der Waals surface area contributed by atoms with Gasteiger partial charge in [-0.05, 0) is 78.0 Å². The molecule has 0 saturated carbocycles. The number of piperidine rings is 1. The lowest BCUT2D eigenvalue weighted by molar-refractivity contribution is 0.0698. The molecule has 1 heterocycles. The summed E-state index contributed by atoms with van der Waals surface area (Å²) in [7, 11) is 0. The molecule has 5 heteroatoms. The number of carbonyl (C=O) groups is 2. The highest BCUT2D eigenvalue weighted by molar-refractivity contribution is 9.10. The highest BCUT2D eigenvalue weighted by Gasteiger charge is 2.25. The van der Waals surface area contributed by atoms with Crippen LogP contribution >= 0.6 is 15.9 Å². The molecule has 0 aliphatic carbocycles. The SMILES string of the molecule is Cc1ccc(C(=O)N2CCC(NC(=O)c3ccccc3Br)CC2)cc1C. The van der Waals surface area contributed by atoms with E-state index in [0.29, 0.717) is 18.7 Å². The molecule has 2 amide bonds. The van der Waals surface area contributed by atoms with Gasteiger partial charge in [0.05, 0.1) is 5.56 Å². The molecule has 1 N–H and O–H groups in total. The first-order valence-electron chi connectivity index (χ1n) is 8.87. The molecule has 0 spiro atoms. The van der Waals surface area contributed by atoms with Gasteiger partial charge >= 0.3 is 0 Å². The first-order valence-corrected chi connectivity index (χ1v) is 9.67. The van der Waals surface area contributed by atoms with E-state index in [0.717, 1.165) is 28.4 Å². The van der Waals surface area contributed by atoms with Gasteiger partial charge in [0, 0.05) is 29.2 Å². The number of nitrogens with zero attached hydrogens (tertiary/aromatic N) is 1. The Bertz CT molecular complexity index is 827. The van der Waals surface area contributed by atoms with E-state index in [2.05, 4.69) is 21.2 Å². The summed E-state index contributed by atoms with van der Waals surface area (Å²) < 4.78 is 0.792. The maximum Gasteiger partial charge on any atom is 0.253 e. The number of likely N-dealkylation sites (tertiary alicyclic amines) is 1. The van der Waals surface area contributed by atoms with Gasteiger partial charge in [0.1, 0.15) is 0 Å². The Balaban J connectivity index is 1.57. The molecule has 0 unspecified atom stereocenters. The van der Waals surface area contributed by atoms with Crippen LogP contribution in [0.1, 0.15) is 44.7 Å². The van der Waals surface area contributed by atoms with Crippen molar-refractivity contribution in [3.63, 3.8) is 0 Å². The van der Waals surface area contributed by atoms with Gasteiger partial charge < -0.3 is 10.2 Å². The topological polar surface area (TPSA) is 49.4 Å². The van der Waals surface area contributed by atoms with Crippen molar-refractivity contribution in [2.45, 2.75) is 32.7 Å². The maximum absolute atomic E-state index is 12.7. The quantitative estimate of drug-likeness (QED) is 0.821. The number of amides is 2. The standard InChI is InChI=1S/C21H23BrN2O2/c1-14-7-8-16(13-15(14)2)21(26)24-11-9-17(10-12-24)23-20(25)18-5-3-4-6-19(18)22/h3-8,13,17H,9-12H2,1-2H3,(H,23,25). The minimum absolute atomic E-state index is 0.0728. The van der Waals surface area contributed by atoms with Crippen molar-refractivity contribution in [1.29, 1.82) is 0 Å². The number of hydrogen-bond acceptors (Lipinski definition) is 2. The minimum atomic E-state index is -0.0728. The van der Waals surface area contributed by atoms with Crippen molar-refractivity contribution in [3.05, 3.63) is 69.2 Å². The van der Waals surface area contributed by atoms with Gasteiger partial charge in [0.15, 0.2) is 0 Å². The third kappa shape index (κ3) is 4.15. The predicted molar refractivity (Wildman–Crippen MR) is 106 cm³/mol. The maximum atomic E-state index is 12.7. The summed E-state index contributed by atoms with van der Waals surface area (Å²) in [6.45, 7) is 5.39. The van der Waals surface area contributed by atoms with E-state index >= 15 is 0 Å². The van der Waals surface area contributed by atoms with Gasteiger partial charge in [0.2, 0.25) is 0 Å². The van der Waals surface area contributed by atoms with Crippen molar-refractivity contribution in [1.82, 2.24) is 10.2 Å². The van der Waals surface area contributed by atoms with E-state index in [9.17, 15) is 9.59 Å². The molecular formula is C21H23BrN2O2. The van der Waals surface area contributed by atoms with E-state index in [-0.39, 0.29) is 17.9 Å². The third-order valence-corrected chi connectivity index (χ3v) is 5.68. The normalized spacial score (nSPS) is 15.0. The lowest BCUT2D eigenvalue weighted by atomic mass is 10.0. The van der Waals surface area contributed by atoms with E-state index < -0.39 is 0 Å². The van der Waals surface area contributed by atoms with Crippen molar-refractivity contribution < 1.29 is 9.59 Å². The largest absolute Gasteiger partial charge is 0.349 e. The first kappa shape index (κ1) is 18.6. The monoisotopic (exact) mass is 414 g/mol. The molecule has 3 rings (SSSR count). The second-order valence-corrected chi connectivity index (χ2v) is 7.67. The van der Waals surface area contributed by atoms with E-state index in [1.165, 1.54) is 5.56 Å². The molecule has 0 aromatic heterocycles. The molecule has 136 valence electrons. The molecule has 1 aliphatic heterocycles. The van der Waals surface area contributed by atoms with Crippen LogP contribution in [-0.4, -0.2) is 35.8 Å². The van der Waals surface area contributed by atoms with Gasteiger partial charge in [0.25, 0.3) is 11.8 Å². The second kappa shape index (κ2) is 8.04. The van der Waals surface area contributed by atoms with Crippen molar-refractivity contribution in [2.75, 3.05) is 13.1 Å². The van der Waals surface area contributed by atoms with Gasteiger partial charge in [-0.2, -0.15) is 0 Å². The molecule has 2 aromatic carbocycles. The zero-order valence-corrected chi connectivity index (χ0v) is 16.7. The van der Waals surface area contributed by atoms with Crippen LogP contribution < -0.4 is 5.32 Å². The number of benzene rings is 2. The number of nitrogens with one attached hydrogen (secondary N) is 1. The smallest absolute Gasteiger partial charge is 0.253 e. The molecule has 26 heavy (non-hydrogen) atoms. The Kier molecular flexibility index (Phi) is 5.77. The summed E-state index contributed by atoms with van der Waals surface area (Å²) >= 11 is 3.41. The number of aryl methyl sites for hydroxylation is 2. The summed E-state index contributed by atoms with van der Waals surface area (Å²) in [4.78, 5) is 27.0. The number of rotatable bonds is 3. The average molecular weight is 415 g/mol. The van der Waals surface area contributed by atoms with Crippen LogP contribution in [0.2, 0.25) is 0 Å². The zero-order chi connectivity index (χ0) is 18.7. The fourth-order valence-corrected chi connectivity index (χ4v) is 3.66. The molecule has 0 atom stereocenters. The highest BCUT2D eigenvalue weighted by atomic mass is 79.9. The highest BCUT2D eigenvalue weighted by Crippen LogP contribution is 2.19. The summed E-state index contributed by atoms with van der Waals surface area (Å²) in [5.74, 6) is 0.0000845. The van der Waals surface area contributed by atoms with E-state index in [4.69, 9.17) is 0 Å². The second-order valence-electron chi connectivity index (χ2n) is 6.82. The fraction of sp³-hybridized carbons (Fsp3) is 0.333. The molecule has 1 fully saturated rings. The lowest BCUT2D eigenvalue weighted by Gasteiger charge is -2.32. The van der Waals surface area contributed by atoms with Crippen LogP contribution in [-0.2, 0) is 0 Å². The van der Waals surface area contributed by atoms with Gasteiger partial charge in [-0.3, -0.25) is 9.59 Å². The summed E-state index contributed by atoms with van der Waals surface area (Å²) in [6, 6.07) is 13.3. The van der Waals surface area contributed by atoms with E-state index in [1.807, 2.05) is 55.1 Å². The molecule has 2 aromatic rings. The molecule has 0 bridgehead atoms. The lowest BCUT2D eigenvalue weighted by Crippen LogP contribution is -2.46. The van der Waals surface area contributed by atoms with Crippen LogP contribution in [0.5, 0.6) is 0 Å². The van der Waals surface area contributed by atoms with Crippen LogP contribution in [0.25, 0.3) is 0 Å². The molecule has 4 nitrogen and oxygen atoms in total.